The van der Waals surface area contributed by atoms with Crippen LogP contribution in [0.4, 0.5) is 0 Å². The molecule has 0 aliphatic heterocycles. The van der Waals surface area contributed by atoms with Crippen LogP contribution >= 0.6 is 23.4 Å². The molecule has 0 saturated heterocycles. The van der Waals surface area contributed by atoms with Crippen LogP contribution in [0.1, 0.15) is 11.3 Å². The van der Waals surface area contributed by atoms with E-state index < -0.39 is 5.69 Å². The Hall–Kier alpha value is -1.44. The first-order valence-corrected chi connectivity index (χ1v) is 7.36. The molecule has 0 bridgehead atoms. The summed E-state index contributed by atoms with van der Waals surface area (Å²) in [6.45, 7) is 2.29. The number of aromatic nitrogens is 4. The topological polar surface area (TPSA) is 69.9 Å². The third kappa shape index (κ3) is 3.78. The smallest absolute Gasteiger partial charge is 0.349 e. The minimum atomic E-state index is -0.403. The van der Waals surface area contributed by atoms with Gasteiger partial charge >= 0.3 is 5.69 Å². The zero-order valence-electron chi connectivity index (χ0n) is 11.0. The van der Waals surface area contributed by atoms with Crippen LogP contribution < -0.4 is 5.69 Å². The summed E-state index contributed by atoms with van der Waals surface area (Å²) in [7, 11) is 0. The van der Waals surface area contributed by atoms with E-state index in [1.165, 1.54) is 28.7 Å². The number of hydrogen-bond acceptors (Lipinski definition) is 6. The third-order valence-corrected chi connectivity index (χ3v) is 3.31. The lowest BCUT2D eigenvalue weighted by atomic mass is 10.3. The number of thioether (sulfide) groups is 1. The van der Waals surface area contributed by atoms with Crippen molar-refractivity contribution in [2.75, 3.05) is 6.26 Å². The molecular weight excluding hydrogens is 300 g/mol. The molecule has 2 heterocycles. The van der Waals surface area contributed by atoms with Crippen molar-refractivity contribution in [3.63, 3.8) is 0 Å². The van der Waals surface area contributed by atoms with Crippen molar-refractivity contribution < 1.29 is 4.74 Å². The molecular formula is C12H13ClN4O2S. The van der Waals surface area contributed by atoms with Gasteiger partial charge in [0.1, 0.15) is 6.73 Å². The van der Waals surface area contributed by atoms with Crippen LogP contribution in [-0.4, -0.2) is 25.8 Å². The molecule has 0 fully saturated rings. The van der Waals surface area contributed by atoms with Gasteiger partial charge in [0.15, 0.2) is 5.16 Å². The van der Waals surface area contributed by atoms with E-state index in [1.807, 2.05) is 13.2 Å². The highest BCUT2D eigenvalue weighted by Crippen LogP contribution is 2.12. The lowest BCUT2D eigenvalue weighted by molar-refractivity contribution is 0.0601. The minimum absolute atomic E-state index is 0.0795. The molecule has 2 aromatic heterocycles. The maximum absolute atomic E-state index is 11.4. The van der Waals surface area contributed by atoms with Crippen molar-refractivity contribution in [3.05, 3.63) is 45.4 Å². The summed E-state index contributed by atoms with van der Waals surface area (Å²) in [5.41, 5.74) is 1.34. The van der Waals surface area contributed by atoms with E-state index >= 15 is 0 Å². The fourth-order valence-electron chi connectivity index (χ4n) is 1.49. The van der Waals surface area contributed by atoms with E-state index in [2.05, 4.69) is 15.0 Å². The van der Waals surface area contributed by atoms with Gasteiger partial charge in [-0.15, -0.1) is 0 Å². The van der Waals surface area contributed by atoms with Crippen LogP contribution in [0.15, 0.2) is 28.5 Å². The highest BCUT2D eigenvalue weighted by Gasteiger charge is 2.04. The van der Waals surface area contributed by atoms with Crippen molar-refractivity contribution in [2.24, 2.45) is 0 Å². The average Bonchev–Trinajstić information content (AvgIpc) is 2.44. The minimum Gasteiger partial charge on any atom is -0.356 e. The van der Waals surface area contributed by atoms with Gasteiger partial charge in [0, 0.05) is 23.7 Å². The molecule has 2 aromatic rings. The zero-order valence-corrected chi connectivity index (χ0v) is 12.6. The Morgan fingerprint density at radius 1 is 1.40 bits per heavy atom. The van der Waals surface area contributed by atoms with Crippen molar-refractivity contribution in [1.82, 2.24) is 19.5 Å². The maximum Gasteiger partial charge on any atom is 0.349 e. The monoisotopic (exact) mass is 312 g/mol. The average molecular weight is 313 g/mol. The number of nitrogens with zero attached hydrogens (tertiary/aromatic N) is 4. The zero-order chi connectivity index (χ0) is 14.5. The molecule has 6 nitrogen and oxygen atoms in total. The summed E-state index contributed by atoms with van der Waals surface area (Å²) in [4.78, 5) is 23.6. The Morgan fingerprint density at radius 3 is 2.90 bits per heavy atom. The molecule has 0 aromatic carbocycles. The maximum atomic E-state index is 11.4. The lowest BCUT2D eigenvalue weighted by Crippen LogP contribution is -2.23. The second-order valence-corrected chi connectivity index (χ2v) is 5.18. The molecule has 20 heavy (non-hydrogen) atoms. The molecule has 0 spiro atoms. The fraction of sp³-hybridized carbons (Fsp3) is 0.333. The van der Waals surface area contributed by atoms with Gasteiger partial charge in [-0.05, 0) is 13.2 Å². The van der Waals surface area contributed by atoms with Crippen molar-refractivity contribution in [3.8, 4) is 0 Å². The molecule has 2 rings (SSSR count). The second kappa shape index (κ2) is 6.83. The number of halogens is 1. The number of ether oxygens (including phenoxy) is 1. The standard InChI is InChI=1S/C12H13ClN4O2S/c1-8-9(3-14-11(16-8)20-2)6-19-7-17-5-10(13)4-15-12(17)18/h3-5H,6-7H2,1-2H3. The van der Waals surface area contributed by atoms with Crippen LogP contribution in [0.2, 0.25) is 5.02 Å². The molecule has 0 atom stereocenters. The lowest BCUT2D eigenvalue weighted by Gasteiger charge is -2.08. The fourth-order valence-corrected chi connectivity index (χ4v) is 2.04. The first-order valence-electron chi connectivity index (χ1n) is 5.76. The van der Waals surface area contributed by atoms with Gasteiger partial charge in [0.2, 0.25) is 0 Å². The van der Waals surface area contributed by atoms with Crippen LogP contribution in [0.3, 0.4) is 0 Å². The first-order chi connectivity index (χ1) is 9.60. The van der Waals surface area contributed by atoms with E-state index in [0.29, 0.717) is 11.6 Å². The second-order valence-electron chi connectivity index (χ2n) is 3.97. The molecule has 0 amide bonds. The van der Waals surface area contributed by atoms with Crippen molar-refractivity contribution in [2.45, 2.75) is 25.4 Å². The Morgan fingerprint density at radius 2 is 2.20 bits per heavy atom. The van der Waals surface area contributed by atoms with E-state index in [-0.39, 0.29) is 6.73 Å². The summed E-state index contributed by atoms with van der Waals surface area (Å²) < 4.78 is 6.77. The predicted octanol–water partition coefficient (Wildman–Crippen LogP) is 1.89. The Labute approximate surface area is 125 Å². The largest absolute Gasteiger partial charge is 0.356 e. The van der Waals surface area contributed by atoms with Gasteiger partial charge in [-0.2, -0.15) is 4.98 Å². The molecule has 0 radical (unpaired) electrons. The third-order valence-electron chi connectivity index (χ3n) is 2.55. The van der Waals surface area contributed by atoms with E-state index in [0.717, 1.165) is 16.4 Å². The van der Waals surface area contributed by atoms with Gasteiger partial charge in [-0.3, -0.25) is 4.57 Å². The molecule has 0 unspecified atom stereocenters. The highest BCUT2D eigenvalue weighted by molar-refractivity contribution is 7.98. The van der Waals surface area contributed by atoms with Crippen molar-refractivity contribution >= 4 is 23.4 Å². The van der Waals surface area contributed by atoms with Gasteiger partial charge in [-0.25, -0.2) is 14.8 Å². The molecule has 106 valence electrons. The van der Waals surface area contributed by atoms with E-state index in [4.69, 9.17) is 16.3 Å². The van der Waals surface area contributed by atoms with Gasteiger partial charge in [0.05, 0.1) is 17.8 Å². The molecule has 8 heteroatoms. The summed E-state index contributed by atoms with van der Waals surface area (Å²) in [6, 6.07) is 0. The van der Waals surface area contributed by atoms with Crippen LogP contribution in [-0.2, 0) is 18.1 Å². The van der Waals surface area contributed by atoms with Gasteiger partial charge in [0.25, 0.3) is 0 Å². The molecule has 0 aliphatic rings. The normalized spacial score (nSPS) is 10.8. The van der Waals surface area contributed by atoms with Gasteiger partial charge < -0.3 is 4.74 Å². The molecule has 0 N–H and O–H groups in total. The van der Waals surface area contributed by atoms with Crippen LogP contribution in [0.25, 0.3) is 0 Å². The summed E-state index contributed by atoms with van der Waals surface area (Å²) in [5, 5.41) is 1.11. The van der Waals surface area contributed by atoms with Crippen LogP contribution in [0.5, 0.6) is 0 Å². The van der Waals surface area contributed by atoms with Crippen LogP contribution in [0, 0.1) is 6.92 Å². The highest BCUT2D eigenvalue weighted by atomic mass is 35.5. The Kier molecular flexibility index (Phi) is 5.11. The summed E-state index contributed by atoms with van der Waals surface area (Å²) in [5.74, 6) is 0. The number of rotatable bonds is 5. The molecule has 0 aliphatic carbocycles. The SMILES string of the molecule is CSc1ncc(COCn2cc(Cl)cnc2=O)c(C)n1. The van der Waals surface area contributed by atoms with E-state index in [9.17, 15) is 4.79 Å². The summed E-state index contributed by atoms with van der Waals surface area (Å²) >= 11 is 7.26. The molecule has 0 saturated carbocycles. The quantitative estimate of drug-likeness (QED) is 0.620. The van der Waals surface area contributed by atoms with Crippen molar-refractivity contribution in [1.29, 1.82) is 0 Å². The number of aryl methyl sites for hydroxylation is 1. The summed E-state index contributed by atoms with van der Waals surface area (Å²) in [6.07, 6.45) is 6.44. The first kappa shape index (κ1) is 15.0. The predicted molar refractivity (Wildman–Crippen MR) is 76.8 cm³/mol. The van der Waals surface area contributed by atoms with E-state index in [1.54, 1.807) is 6.20 Å². The Bertz CT molecular complexity index is 662. The van der Waals surface area contributed by atoms with Gasteiger partial charge in [-0.1, -0.05) is 23.4 Å². The number of hydrogen-bond donors (Lipinski definition) is 0. The Balaban J connectivity index is 1.99.